The topological polar surface area (TPSA) is 116 Å². The van der Waals surface area contributed by atoms with Crippen LogP contribution in [0.1, 0.15) is 85.1 Å². The smallest absolute Gasteiger partial charge is 0.159 e. The number of ketones is 1. The van der Waals surface area contributed by atoms with E-state index in [9.17, 15) is 25.2 Å². The molecule has 0 aromatic heterocycles. The Morgan fingerprint density at radius 3 is 2.45 bits per heavy atom. The van der Waals surface area contributed by atoms with Gasteiger partial charge in [-0.15, -0.1) is 0 Å². The van der Waals surface area contributed by atoms with Gasteiger partial charge in [0, 0.05) is 11.3 Å². The predicted octanol–water partition coefficient (Wildman–Crippen LogP) is 4.63. The molecule has 7 nitrogen and oxygen atoms in total. The molecule has 4 N–H and O–H groups in total. The molecule has 0 bridgehead atoms. The third-order valence-corrected chi connectivity index (χ3v) is 13.7. The summed E-state index contributed by atoms with van der Waals surface area (Å²) in [6.45, 7) is 10.5. The molecule has 0 spiro atoms. The molecule has 13 atom stereocenters. The van der Waals surface area contributed by atoms with Crippen LogP contribution in [0.5, 0.6) is 0 Å². The Bertz CT molecular complexity index is 1250. The van der Waals surface area contributed by atoms with E-state index in [1.165, 1.54) is 5.56 Å². The summed E-state index contributed by atoms with van der Waals surface area (Å²) in [5.41, 5.74) is -1.57. The lowest BCUT2D eigenvalue weighted by Gasteiger charge is -2.60. The molecule has 7 heteroatoms. The van der Waals surface area contributed by atoms with E-state index < -0.39 is 28.8 Å². The lowest BCUT2D eigenvalue weighted by Crippen LogP contribution is -2.63. The molecule has 1 aliphatic heterocycles. The second-order valence-electron chi connectivity index (χ2n) is 15.7. The molecule has 0 radical (unpaired) electrons. The van der Waals surface area contributed by atoms with Gasteiger partial charge in [0.2, 0.25) is 0 Å². The van der Waals surface area contributed by atoms with Crippen LogP contribution < -0.4 is 0 Å². The van der Waals surface area contributed by atoms with Crippen LogP contribution in [0.2, 0.25) is 0 Å². The fourth-order valence-electron chi connectivity index (χ4n) is 10.6. The summed E-state index contributed by atoms with van der Waals surface area (Å²) in [6.07, 6.45) is 5.61. The predicted molar refractivity (Wildman–Crippen MR) is 168 cm³/mol. The quantitative estimate of drug-likeness (QED) is 0.339. The molecule has 1 saturated heterocycles. The molecule has 13 unspecified atom stereocenters. The van der Waals surface area contributed by atoms with E-state index in [1.807, 2.05) is 32.0 Å². The van der Waals surface area contributed by atoms with Crippen molar-refractivity contribution in [3.63, 3.8) is 0 Å². The maximum absolute atomic E-state index is 13.9. The van der Waals surface area contributed by atoms with Crippen LogP contribution in [0.15, 0.2) is 42.0 Å². The number of carbonyl (C=O) groups is 1. The molecule has 4 aliphatic carbocycles. The minimum atomic E-state index is -1.52. The van der Waals surface area contributed by atoms with Gasteiger partial charge < -0.3 is 29.9 Å². The number of carbonyl (C=O) groups excluding carboxylic acids is 1. The van der Waals surface area contributed by atoms with E-state index in [0.29, 0.717) is 25.9 Å². The minimum Gasteiger partial charge on any atom is -0.394 e. The molecule has 6 rings (SSSR count). The maximum Gasteiger partial charge on any atom is 0.159 e. The van der Waals surface area contributed by atoms with E-state index in [0.717, 1.165) is 37.7 Å². The van der Waals surface area contributed by atoms with Gasteiger partial charge in [-0.3, -0.25) is 4.79 Å². The Balaban J connectivity index is 1.20. The summed E-state index contributed by atoms with van der Waals surface area (Å²) in [5.74, 6) is -0.287. The first-order valence-corrected chi connectivity index (χ1v) is 17.1. The summed E-state index contributed by atoms with van der Waals surface area (Å²) in [4.78, 5) is 13.9. The van der Waals surface area contributed by atoms with Crippen molar-refractivity contribution >= 4 is 5.78 Å². The van der Waals surface area contributed by atoms with Crippen LogP contribution in [0, 0.1) is 40.4 Å². The molecule has 44 heavy (non-hydrogen) atoms. The largest absolute Gasteiger partial charge is 0.394 e. The fraction of sp³-hybridized carbons (Fsp3) is 0.757. The number of hydrogen-bond donors (Lipinski definition) is 4. The molecule has 1 heterocycles. The molecule has 1 aromatic carbocycles. The molecule has 244 valence electrons. The first kappa shape index (κ1) is 32.3. The van der Waals surface area contributed by atoms with Crippen molar-refractivity contribution < 1.29 is 34.7 Å². The van der Waals surface area contributed by atoms with Crippen LogP contribution in [-0.2, 0) is 20.7 Å². The standard InChI is InChI=1S/C37H54O7/c1-22-23(2)32(44-30(22)21-38)33(40)36(5,41)31-13-17-37(42)27-20-29(39)28-19-25(43-18-14-24-9-7-6-8-10-24)11-15-34(28,3)26(27)12-16-35(31,37)4/h6-10,20,22-23,25-26,28,30-33,38,40-42H,11-19,21H2,1-5H3. The number of benzene rings is 1. The summed E-state index contributed by atoms with van der Waals surface area (Å²) in [6, 6.07) is 10.3. The Hall–Kier alpha value is -1.61. The number of ether oxygens (including phenoxy) is 2. The Labute approximate surface area is 263 Å². The van der Waals surface area contributed by atoms with Crippen LogP contribution in [0.4, 0.5) is 0 Å². The third-order valence-electron chi connectivity index (χ3n) is 13.7. The highest BCUT2D eigenvalue weighted by Crippen LogP contribution is 2.68. The summed E-state index contributed by atoms with van der Waals surface area (Å²) < 4.78 is 12.4. The van der Waals surface area contributed by atoms with Crippen LogP contribution in [-0.4, -0.2) is 75.0 Å². The van der Waals surface area contributed by atoms with E-state index >= 15 is 0 Å². The van der Waals surface area contributed by atoms with Gasteiger partial charge in [0.1, 0.15) is 6.10 Å². The van der Waals surface area contributed by atoms with Crippen LogP contribution >= 0.6 is 0 Å². The summed E-state index contributed by atoms with van der Waals surface area (Å²) in [7, 11) is 0. The van der Waals surface area contributed by atoms with E-state index in [1.54, 1.807) is 13.0 Å². The zero-order valence-electron chi connectivity index (χ0n) is 27.2. The van der Waals surface area contributed by atoms with Crippen molar-refractivity contribution in [3.8, 4) is 0 Å². The van der Waals surface area contributed by atoms with Gasteiger partial charge in [-0.2, -0.15) is 0 Å². The zero-order chi connectivity index (χ0) is 31.7. The first-order chi connectivity index (χ1) is 20.8. The highest BCUT2D eigenvalue weighted by molar-refractivity contribution is 5.95. The second-order valence-corrected chi connectivity index (χ2v) is 15.7. The van der Waals surface area contributed by atoms with Gasteiger partial charge in [-0.25, -0.2) is 0 Å². The molecule has 1 aromatic rings. The molecular formula is C37H54O7. The van der Waals surface area contributed by atoms with Gasteiger partial charge >= 0.3 is 0 Å². The van der Waals surface area contributed by atoms with E-state index in [-0.39, 0.29) is 59.6 Å². The molecule has 4 fully saturated rings. The Kier molecular flexibility index (Phi) is 8.50. The lowest BCUT2D eigenvalue weighted by atomic mass is 9.46. The maximum atomic E-state index is 13.9. The van der Waals surface area contributed by atoms with Gasteiger partial charge in [-0.05, 0) is 105 Å². The van der Waals surface area contributed by atoms with Crippen LogP contribution in [0.25, 0.3) is 0 Å². The zero-order valence-corrected chi connectivity index (χ0v) is 27.2. The van der Waals surface area contributed by atoms with E-state index in [4.69, 9.17) is 9.47 Å². The number of aliphatic hydroxyl groups is 4. The van der Waals surface area contributed by atoms with Gasteiger partial charge in [0.15, 0.2) is 5.78 Å². The lowest BCUT2D eigenvalue weighted by molar-refractivity contribution is -0.197. The molecule has 0 amide bonds. The number of aliphatic hydroxyl groups excluding tert-OH is 2. The first-order valence-electron chi connectivity index (χ1n) is 17.1. The van der Waals surface area contributed by atoms with E-state index in [2.05, 4.69) is 26.0 Å². The second kappa shape index (κ2) is 11.6. The van der Waals surface area contributed by atoms with Crippen LogP contribution in [0.3, 0.4) is 0 Å². The molecule has 5 aliphatic rings. The number of rotatable bonds is 8. The number of hydrogen-bond acceptors (Lipinski definition) is 7. The average Bonchev–Trinajstić information content (AvgIpc) is 3.45. The monoisotopic (exact) mass is 610 g/mol. The summed E-state index contributed by atoms with van der Waals surface area (Å²) >= 11 is 0. The van der Waals surface area contributed by atoms with Gasteiger partial charge in [-0.1, -0.05) is 58.0 Å². The Morgan fingerprint density at radius 1 is 1.05 bits per heavy atom. The fourth-order valence-corrected chi connectivity index (χ4v) is 10.6. The van der Waals surface area contributed by atoms with Crippen molar-refractivity contribution in [2.75, 3.05) is 13.2 Å². The summed E-state index contributed by atoms with van der Waals surface area (Å²) in [5, 5.41) is 46.1. The highest BCUT2D eigenvalue weighted by Gasteiger charge is 2.69. The number of allylic oxidation sites excluding steroid dienone is 1. The molecular weight excluding hydrogens is 556 g/mol. The van der Waals surface area contributed by atoms with Crippen molar-refractivity contribution in [1.82, 2.24) is 0 Å². The molecule has 3 saturated carbocycles. The minimum absolute atomic E-state index is 0.0366. The average molecular weight is 611 g/mol. The van der Waals surface area contributed by atoms with Crippen molar-refractivity contribution in [2.45, 2.75) is 122 Å². The Morgan fingerprint density at radius 2 is 1.77 bits per heavy atom. The van der Waals surface area contributed by atoms with Crippen molar-refractivity contribution in [2.24, 2.45) is 40.4 Å². The van der Waals surface area contributed by atoms with Gasteiger partial charge in [0.05, 0.1) is 42.7 Å². The highest BCUT2D eigenvalue weighted by atomic mass is 16.5. The van der Waals surface area contributed by atoms with Gasteiger partial charge in [0.25, 0.3) is 0 Å². The van der Waals surface area contributed by atoms with Crippen molar-refractivity contribution in [3.05, 3.63) is 47.5 Å². The normalized spacial score (nSPS) is 45.6. The number of fused-ring (bicyclic) bond motifs is 5. The third kappa shape index (κ3) is 4.87. The SMILES string of the molecule is CC1C(CO)OC(C(O)C(C)(O)C2CCC3(O)C4=CC(=O)C5CC(OCCc6ccccc6)CCC5(C)C4CCC23C)C1C. The van der Waals surface area contributed by atoms with Crippen molar-refractivity contribution in [1.29, 1.82) is 0 Å².